The minimum Gasteiger partial charge on any atom is -0.329 e. The Labute approximate surface area is 112 Å². The van der Waals surface area contributed by atoms with Crippen LogP contribution in [0.15, 0.2) is 42.7 Å². The predicted molar refractivity (Wildman–Crippen MR) is 75.0 cm³/mol. The maximum atomic E-state index is 12.2. The third kappa shape index (κ3) is 2.82. The molecule has 0 spiro atoms. The van der Waals surface area contributed by atoms with Crippen molar-refractivity contribution in [2.24, 2.45) is 11.1 Å². The molecular formula is C14H18N4O. The fourth-order valence-corrected chi connectivity index (χ4v) is 1.57. The van der Waals surface area contributed by atoms with Gasteiger partial charge >= 0.3 is 0 Å². The van der Waals surface area contributed by atoms with Crippen LogP contribution in [-0.4, -0.2) is 22.2 Å². The van der Waals surface area contributed by atoms with Crippen molar-refractivity contribution in [2.45, 2.75) is 13.8 Å². The Morgan fingerprint density at radius 3 is 2.74 bits per heavy atom. The molecule has 0 saturated heterocycles. The van der Waals surface area contributed by atoms with E-state index in [0.29, 0.717) is 6.54 Å². The summed E-state index contributed by atoms with van der Waals surface area (Å²) in [5.41, 5.74) is 6.56. The number of rotatable bonds is 4. The van der Waals surface area contributed by atoms with Gasteiger partial charge in [0.25, 0.3) is 0 Å². The molecule has 5 heteroatoms. The van der Waals surface area contributed by atoms with E-state index in [0.717, 1.165) is 11.4 Å². The second-order valence-corrected chi connectivity index (χ2v) is 5.01. The van der Waals surface area contributed by atoms with Gasteiger partial charge in [-0.05, 0) is 32.0 Å². The second-order valence-electron chi connectivity index (χ2n) is 5.01. The van der Waals surface area contributed by atoms with Crippen LogP contribution < -0.4 is 11.1 Å². The van der Waals surface area contributed by atoms with Crippen LogP contribution in [0.4, 0.5) is 5.69 Å². The smallest absolute Gasteiger partial charge is 0.231 e. The van der Waals surface area contributed by atoms with Crippen LogP contribution in [0, 0.1) is 5.41 Å². The summed E-state index contributed by atoms with van der Waals surface area (Å²) in [6, 6.07) is 9.36. The number of nitrogens with two attached hydrogens (primary N) is 1. The van der Waals surface area contributed by atoms with Crippen LogP contribution in [0.1, 0.15) is 13.8 Å². The van der Waals surface area contributed by atoms with Crippen LogP contribution in [0.25, 0.3) is 5.69 Å². The van der Waals surface area contributed by atoms with Crippen molar-refractivity contribution in [3.05, 3.63) is 42.7 Å². The van der Waals surface area contributed by atoms with E-state index in [1.54, 1.807) is 10.9 Å². The molecule has 0 saturated carbocycles. The van der Waals surface area contributed by atoms with E-state index in [9.17, 15) is 4.79 Å². The molecule has 0 unspecified atom stereocenters. The molecule has 0 aliphatic carbocycles. The Morgan fingerprint density at radius 1 is 1.37 bits per heavy atom. The SMILES string of the molecule is CC(C)(CN)C(=O)Nc1ccccc1-n1cccn1. The largest absolute Gasteiger partial charge is 0.329 e. The molecule has 1 amide bonds. The molecule has 2 aromatic rings. The lowest BCUT2D eigenvalue weighted by molar-refractivity contribution is -0.123. The molecule has 1 aromatic heterocycles. The molecule has 0 aliphatic heterocycles. The zero-order chi connectivity index (χ0) is 13.9. The first kappa shape index (κ1) is 13.3. The second kappa shape index (κ2) is 5.24. The van der Waals surface area contributed by atoms with E-state index in [-0.39, 0.29) is 5.91 Å². The van der Waals surface area contributed by atoms with Crippen molar-refractivity contribution >= 4 is 11.6 Å². The topological polar surface area (TPSA) is 72.9 Å². The van der Waals surface area contributed by atoms with Gasteiger partial charge in [-0.3, -0.25) is 4.79 Å². The van der Waals surface area contributed by atoms with Gasteiger partial charge in [-0.25, -0.2) is 4.68 Å². The first-order valence-electron chi connectivity index (χ1n) is 6.15. The van der Waals surface area contributed by atoms with Crippen molar-refractivity contribution in [3.63, 3.8) is 0 Å². The fraction of sp³-hybridized carbons (Fsp3) is 0.286. The first-order chi connectivity index (χ1) is 9.04. The molecule has 5 nitrogen and oxygen atoms in total. The highest BCUT2D eigenvalue weighted by Gasteiger charge is 2.26. The Balaban J connectivity index is 2.29. The average Bonchev–Trinajstić information content (AvgIpc) is 2.93. The lowest BCUT2D eigenvalue weighted by Crippen LogP contribution is -2.37. The summed E-state index contributed by atoms with van der Waals surface area (Å²) in [6.07, 6.45) is 3.53. The maximum absolute atomic E-state index is 12.2. The standard InChI is InChI=1S/C14H18N4O/c1-14(2,10-15)13(19)17-11-6-3-4-7-12(11)18-9-5-8-16-18/h3-9H,10,15H2,1-2H3,(H,17,19). The minimum atomic E-state index is -0.600. The van der Waals surface area contributed by atoms with Crippen LogP contribution in [0.5, 0.6) is 0 Å². The number of amides is 1. The van der Waals surface area contributed by atoms with E-state index < -0.39 is 5.41 Å². The molecule has 3 N–H and O–H groups in total. The Morgan fingerprint density at radius 2 is 2.11 bits per heavy atom. The molecule has 2 rings (SSSR count). The number of carbonyl (C=O) groups excluding carboxylic acids is 1. The molecule has 1 aromatic carbocycles. The zero-order valence-corrected chi connectivity index (χ0v) is 11.1. The fourth-order valence-electron chi connectivity index (χ4n) is 1.57. The molecule has 0 fully saturated rings. The van der Waals surface area contributed by atoms with Gasteiger partial charge < -0.3 is 11.1 Å². The number of nitrogens with one attached hydrogen (secondary N) is 1. The monoisotopic (exact) mass is 258 g/mol. The molecule has 1 heterocycles. The number of benzene rings is 1. The number of hydrogen-bond donors (Lipinski definition) is 2. The summed E-state index contributed by atoms with van der Waals surface area (Å²) >= 11 is 0. The normalized spacial score (nSPS) is 11.3. The third-order valence-corrected chi connectivity index (χ3v) is 3.03. The van der Waals surface area contributed by atoms with Gasteiger partial charge in [0.15, 0.2) is 0 Å². The molecule has 0 bridgehead atoms. The first-order valence-corrected chi connectivity index (χ1v) is 6.15. The molecule has 0 atom stereocenters. The van der Waals surface area contributed by atoms with Gasteiger partial charge in [0.1, 0.15) is 0 Å². The highest BCUT2D eigenvalue weighted by Crippen LogP contribution is 2.22. The predicted octanol–water partition coefficient (Wildman–Crippen LogP) is 1.80. The number of hydrogen-bond acceptors (Lipinski definition) is 3. The zero-order valence-electron chi connectivity index (χ0n) is 11.1. The van der Waals surface area contributed by atoms with E-state index in [2.05, 4.69) is 10.4 Å². The van der Waals surface area contributed by atoms with Crippen molar-refractivity contribution < 1.29 is 4.79 Å². The summed E-state index contributed by atoms with van der Waals surface area (Å²) in [4.78, 5) is 12.2. The minimum absolute atomic E-state index is 0.102. The number of nitrogens with zero attached hydrogens (tertiary/aromatic N) is 2. The lowest BCUT2D eigenvalue weighted by Gasteiger charge is -2.22. The number of aromatic nitrogens is 2. The van der Waals surface area contributed by atoms with Gasteiger partial charge in [0.2, 0.25) is 5.91 Å². The van der Waals surface area contributed by atoms with Crippen LogP contribution in [0.3, 0.4) is 0 Å². The summed E-state index contributed by atoms with van der Waals surface area (Å²) in [5, 5.41) is 7.09. The van der Waals surface area contributed by atoms with Gasteiger partial charge in [0, 0.05) is 18.9 Å². The maximum Gasteiger partial charge on any atom is 0.231 e. The lowest BCUT2D eigenvalue weighted by atomic mass is 9.92. The molecule has 100 valence electrons. The number of anilines is 1. The summed E-state index contributed by atoms with van der Waals surface area (Å²) in [7, 11) is 0. The summed E-state index contributed by atoms with van der Waals surface area (Å²) in [5.74, 6) is -0.102. The Bertz CT molecular complexity index is 561. The van der Waals surface area contributed by atoms with Gasteiger partial charge in [-0.15, -0.1) is 0 Å². The van der Waals surface area contributed by atoms with Crippen molar-refractivity contribution in [3.8, 4) is 5.69 Å². The van der Waals surface area contributed by atoms with Gasteiger partial charge in [-0.1, -0.05) is 12.1 Å². The van der Waals surface area contributed by atoms with Crippen LogP contribution in [-0.2, 0) is 4.79 Å². The Hall–Kier alpha value is -2.14. The highest BCUT2D eigenvalue weighted by molar-refractivity contribution is 5.96. The number of carbonyl (C=O) groups is 1. The third-order valence-electron chi connectivity index (χ3n) is 3.03. The summed E-state index contributed by atoms with van der Waals surface area (Å²) < 4.78 is 1.71. The van der Waals surface area contributed by atoms with Crippen LogP contribution in [0.2, 0.25) is 0 Å². The Kier molecular flexibility index (Phi) is 3.66. The average molecular weight is 258 g/mol. The summed E-state index contributed by atoms with van der Waals surface area (Å²) in [6.45, 7) is 3.93. The van der Waals surface area contributed by atoms with Crippen LogP contribution >= 0.6 is 0 Å². The van der Waals surface area contributed by atoms with Gasteiger partial charge in [-0.2, -0.15) is 5.10 Å². The van der Waals surface area contributed by atoms with E-state index >= 15 is 0 Å². The van der Waals surface area contributed by atoms with E-state index in [4.69, 9.17) is 5.73 Å². The molecule has 0 aliphatic rings. The molecule has 0 radical (unpaired) electrons. The highest BCUT2D eigenvalue weighted by atomic mass is 16.2. The van der Waals surface area contributed by atoms with E-state index in [1.165, 1.54) is 0 Å². The van der Waals surface area contributed by atoms with Crippen molar-refractivity contribution in [1.82, 2.24) is 9.78 Å². The van der Waals surface area contributed by atoms with Crippen molar-refractivity contribution in [1.29, 1.82) is 0 Å². The van der Waals surface area contributed by atoms with Crippen molar-refractivity contribution in [2.75, 3.05) is 11.9 Å². The molecular weight excluding hydrogens is 240 g/mol. The quantitative estimate of drug-likeness (QED) is 0.878. The van der Waals surface area contributed by atoms with E-state index in [1.807, 2.05) is 50.4 Å². The van der Waals surface area contributed by atoms with Gasteiger partial charge in [0.05, 0.1) is 16.8 Å². The number of para-hydroxylation sites is 2. The molecule has 19 heavy (non-hydrogen) atoms.